The van der Waals surface area contributed by atoms with Crippen LogP contribution in [0.3, 0.4) is 0 Å². The minimum Gasteiger partial charge on any atom is -0.399 e. The summed E-state index contributed by atoms with van der Waals surface area (Å²) < 4.78 is 1.99. The Labute approximate surface area is 130 Å². The van der Waals surface area contributed by atoms with Gasteiger partial charge in [0.1, 0.15) is 0 Å². The Morgan fingerprint density at radius 2 is 2.14 bits per heavy atom. The molecular weight excluding hydrogens is 334 g/mol. The largest absolute Gasteiger partial charge is 0.399 e. The summed E-state index contributed by atoms with van der Waals surface area (Å²) in [5, 5.41) is 2.82. The first-order chi connectivity index (χ1) is 9.97. The van der Waals surface area contributed by atoms with Crippen LogP contribution in [0.1, 0.15) is 12.0 Å². The van der Waals surface area contributed by atoms with E-state index in [1.165, 1.54) is 4.57 Å². The number of nitrogens with zero attached hydrogens (tertiary/aromatic N) is 1. The molecule has 21 heavy (non-hydrogen) atoms. The molecule has 6 heteroatoms. The van der Waals surface area contributed by atoms with Gasteiger partial charge in [0.05, 0.1) is 4.47 Å². The Morgan fingerprint density at radius 3 is 2.86 bits per heavy atom. The Kier molecular flexibility index (Phi) is 4.80. The molecule has 0 unspecified atom stereocenters. The number of benzene rings is 1. The molecule has 110 valence electrons. The summed E-state index contributed by atoms with van der Waals surface area (Å²) in [6.07, 6.45) is 1.88. The van der Waals surface area contributed by atoms with Crippen LogP contribution >= 0.6 is 15.9 Å². The van der Waals surface area contributed by atoms with Crippen LogP contribution in [-0.4, -0.2) is 10.5 Å². The van der Waals surface area contributed by atoms with Crippen molar-refractivity contribution >= 4 is 33.2 Å². The molecule has 0 saturated heterocycles. The third-order valence-corrected chi connectivity index (χ3v) is 3.68. The van der Waals surface area contributed by atoms with Crippen molar-refractivity contribution in [2.75, 3.05) is 11.1 Å². The lowest BCUT2D eigenvalue weighted by Gasteiger charge is -2.10. The zero-order valence-electron chi connectivity index (χ0n) is 11.6. The first kappa shape index (κ1) is 15.3. The van der Waals surface area contributed by atoms with Crippen molar-refractivity contribution in [1.82, 2.24) is 4.57 Å². The van der Waals surface area contributed by atoms with Crippen LogP contribution in [0, 0.1) is 6.92 Å². The predicted octanol–water partition coefficient (Wildman–Crippen LogP) is 2.53. The molecule has 1 heterocycles. The molecule has 2 aromatic rings. The SMILES string of the molecule is Cc1cc(N)ccc1NC(=O)CCn1cccc(Br)c1=O. The second-order valence-electron chi connectivity index (χ2n) is 4.73. The molecule has 5 nitrogen and oxygen atoms in total. The van der Waals surface area contributed by atoms with Crippen molar-refractivity contribution in [3.8, 4) is 0 Å². The number of halogens is 1. The highest BCUT2D eigenvalue weighted by atomic mass is 79.9. The van der Waals surface area contributed by atoms with E-state index in [0.29, 0.717) is 16.7 Å². The molecule has 0 fully saturated rings. The van der Waals surface area contributed by atoms with Crippen LogP contribution in [0.25, 0.3) is 0 Å². The summed E-state index contributed by atoms with van der Waals surface area (Å²) in [6.45, 7) is 2.21. The number of nitrogens with two attached hydrogens (primary N) is 1. The Balaban J connectivity index is 1.99. The quantitative estimate of drug-likeness (QED) is 0.832. The van der Waals surface area contributed by atoms with Gasteiger partial charge in [0.2, 0.25) is 5.91 Å². The topological polar surface area (TPSA) is 77.1 Å². The molecule has 3 N–H and O–H groups in total. The summed E-state index contributed by atoms with van der Waals surface area (Å²) in [5.41, 5.74) is 7.82. The van der Waals surface area contributed by atoms with Crippen LogP contribution < -0.4 is 16.6 Å². The predicted molar refractivity (Wildman–Crippen MR) is 87.2 cm³/mol. The van der Waals surface area contributed by atoms with E-state index in [-0.39, 0.29) is 17.9 Å². The number of carbonyl (C=O) groups is 1. The summed E-state index contributed by atoms with van der Waals surface area (Å²) in [4.78, 5) is 23.8. The van der Waals surface area contributed by atoms with E-state index in [1.807, 2.05) is 6.92 Å². The van der Waals surface area contributed by atoms with Crippen molar-refractivity contribution in [3.63, 3.8) is 0 Å². The number of pyridine rings is 1. The first-order valence-corrected chi connectivity index (χ1v) is 7.27. The number of hydrogen-bond acceptors (Lipinski definition) is 3. The van der Waals surface area contributed by atoms with Crippen LogP contribution in [-0.2, 0) is 11.3 Å². The van der Waals surface area contributed by atoms with Gasteiger partial charge in [0, 0.05) is 30.5 Å². The van der Waals surface area contributed by atoms with Gasteiger partial charge in [-0.25, -0.2) is 0 Å². The van der Waals surface area contributed by atoms with Gasteiger partial charge < -0.3 is 15.6 Å². The number of hydrogen-bond donors (Lipinski definition) is 2. The molecule has 0 radical (unpaired) electrons. The first-order valence-electron chi connectivity index (χ1n) is 6.48. The number of rotatable bonds is 4. The lowest BCUT2D eigenvalue weighted by molar-refractivity contribution is -0.116. The molecule has 0 spiro atoms. The number of carbonyl (C=O) groups excluding carboxylic acids is 1. The third kappa shape index (κ3) is 3.95. The molecule has 1 amide bonds. The molecule has 0 bridgehead atoms. The monoisotopic (exact) mass is 349 g/mol. The minimum absolute atomic E-state index is 0.144. The van der Waals surface area contributed by atoms with Crippen molar-refractivity contribution in [1.29, 1.82) is 0 Å². The highest BCUT2D eigenvalue weighted by Gasteiger charge is 2.07. The van der Waals surface area contributed by atoms with E-state index < -0.39 is 0 Å². The Hall–Kier alpha value is -2.08. The molecular formula is C15H16BrN3O2. The van der Waals surface area contributed by atoms with E-state index >= 15 is 0 Å². The van der Waals surface area contributed by atoms with Gasteiger partial charge in [-0.3, -0.25) is 9.59 Å². The second kappa shape index (κ2) is 6.58. The number of aryl methyl sites for hydroxylation is 2. The maximum Gasteiger partial charge on any atom is 0.264 e. The van der Waals surface area contributed by atoms with Crippen LogP contribution in [0.5, 0.6) is 0 Å². The van der Waals surface area contributed by atoms with Gasteiger partial charge in [0.25, 0.3) is 5.56 Å². The van der Waals surface area contributed by atoms with E-state index in [4.69, 9.17) is 5.73 Å². The number of nitrogen functional groups attached to an aromatic ring is 1. The van der Waals surface area contributed by atoms with Crippen LogP contribution in [0.2, 0.25) is 0 Å². The molecule has 1 aromatic heterocycles. The average molecular weight is 350 g/mol. The fraction of sp³-hybridized carbons (Fsp3) is 0.200. The summed E-state index contributed by atoms with van der Waals surface area (Å²) in [7, 11) is 0. The van der Waals surface area contributed by atoms with Crippen LogP contribution in [0.4, 0.5) is 11.4 Å². The maximum atomic E-state index is 11.9. The smallest absolute Gasteiger partial charge is 0.264 e. The van der Waals surface area contributed by atoms with Gasteiger partial charge in [-0.2, -0.15) is 0 Å². The maximum absolute atomic E-state index is 11.9. The molecule has 0 aliphatic heterocycles. The summed E-state index contributed by atoms with van der Waals surface area (Å²) >= 11 is 3.18. The van der Waals surface area contributed by atoms with E-state index in [1.54, 1.807) is 36.5 Å². The standard InChI is InChI=1S/C15H16BrN3O2/c1-10-9-11(17)4-5-13(10)18-14(20)6-8-19-7-2-3-12(16)15(19)21/h2-5,7,9H,6,8,17H2,1H3,(H,18,20). The van der Waals surface area contributed by atoms with Crippen LogP contribution in [0.15, 0.2) is 45.8 Å². The second-order valence-corrected chi connectivity index (χ2v) is 5.58. The molecule has 0 aliphatic carbocycles. The number of aromatic nitrogens is 1. The van der Waals surface area contributed by atoms with Gasteiger partial charge in [0.15, 0.2) is 0 Å². The zero-order valence-corrected chi connectivity index (χ0v) is 13.2. The van der Waals surface area contributed by atoms with E-state index in [2.05, 4.69) is 21.2 Å². The fourth-order valence-electron chi connectivity index (χ4n) is 1.95. The normalized spacial score (nSPS) is 10.4. The zero-order chi connectivity index (χ0) is 15.4. The van der Waals surface area contributed by atoms with Crippen molar-refractivity contribution in [2.24, 2.45) is 0 Å². The fourth-order valence-corrected chi connectivity index (χ4v) is 2.33. The minimum atomic E-state index is -0.144. The highest BCUT2D eigenvalue weighted by Crippen LogP contribution is 2.17. The average Bonchev–Trinajstić information content (AvgIpc) is 2.43. The Morgan fingerprint density at radius 1 is 1.38 bits per heavy atom. The number of nitrogens with one attached hydrogen (secondary N) is 1. The molecule has 1 aromatic carbocycles. The van der Waals surface area contributed by atoms with Crippen molar-refractivity contribution in [3.05, 3.63) is 56.9 Å². The highest BCUT2D eigenvalue weighted by molar-refractivity contribution is 9.10. The van der Waals surface area contributed by atoms with Gasteiger partial charge in [-0.15, -0.1) is 0 Å². The van der Waals surface area contributed by atoms with Gasteiger partial charge in [-0.05, 0) is 58.7 Å². The number of anilines is 2. The van der Waals surface area contributed by atoms with E-state index in [0.717, 1.165) is 11.3 Å². The van der Waals surface area contributed by atoms with Crippen molar-refractivity contribution < 1.29 is 4.79 Å². The van der Waals surface area contributed by atoms with E-state index in [9.17, 15) is 9.59 Å². The summed E-state index contributed by atoms with van der Waals surface area (Å²) in [6, 6.07) is 8.74. The van der Waals surface area contributed by atoms with Crippen molar-refractivity contribution in [2.45, 2.75) is 19.9 Å². The lowest BCUT2D eigenvalue weighted by Crippen LogP contribution is -2.23. The third-order valence-electron chi connectivity index (χ3n) is 3.08. The number of amides is 1. The van der Waals surface area contributed by atoms with Gasteiger partial charge >= 0.3 is 0 Å². The molecule has 2 rings (SSSR count). The van der Waals surface area contributed by atoms with Gasteiger partial charge in [-0.1, -0.05) is 0 Å². The molecule has 0 aliphatic rings. The summed E-state index contributed by atoms with van der Waals surface area (Å²) in [5.74, 6) is -0.144. The lowest BCUT2D eigenvalue weighted by atomic mass is 10.2. The molecule has 0 atom stereocenters. The molecule has 0 saturated carbocycles. The Bertz CT molecular complexity index is 725.